The summed E-state index contributed by atoms with van der Waals surface area (Å²) in [6.07, 6.45) is 0. The first-order valence-corrected chi connectivity index (χ1v) is 9.01. The summed E-state index contributed by atoms with van der Waals surface area (Å²) < 4.78 is 5.54. The van der Waals surface area contributed by atoms with Gasteiger partial charge in [-0.2, -0.15) is 0 Å². The van der Waals surface area contributed by atoms with Crippen molar-refractivity contribution in [1.82, 2.24) is 15.3 Å². The molecule has 1 N–H and O–H groups in total. The second kappa shape index (κ2) is 8.48. The molecular weight excluding hydrogens is 334 g/mol. The minimum absolute atomic E-state index is 0.0454. The Morgan fingerprint density at radius 1 is 1.04 bits per heavy atom. The van der Waals surface area contributed by atoms with Gasteiger partial charge in [0, 0.05) is 0 Å². The number of benzene rings is 2. The standard InChI is InChI=1S/C19H19N3O2S/c1-14-19(22-17-10-6-5-9-16(17)21-14)25-13-18(23)20-11-12-24-15-7-3-2-4-8-15/h2-10H,11-13H2,1H3,(H,20,23). The average molecular weight is 353 g/mol. The second-order valence-corrected chi connectivity index (χ2v) is 6.37. The van der Waals surface area contributed by atoms with Gasteiger partial charge in [-0.3, -0.25) is 4.79 Å². The van der Waals surface area contributed by atoms with Crippen molar-refractivity contribution in [2.75, 3.05) is 18.9 Å². The second-order valence-electron chi connectivity index (χ2n) is 5.40. The molecule has 0 saturated heterocycles. The van der Waals surface area contributed by atoms with Gasteiger partial charge in [0.05, 0.1) is 29.0 Å². The molecule has 0 saturated carbocycles. The summed E-state index contributed by atoms with van der Waals surface area (Å²) in [5.74, 6) is 1.06. The molecule has 0 radical (unpaired) electrons. The van der Waals surface area contributed by atoms with E-state index in [1.165, 1.54) is 11.8 Å². The van der Waals surface area contributed by atoms with Crippen molar-refractivity contribution in [2.45, 2.75) is 11.9 Å². The van der Waals surface area contributed by atoms with Crippen molar-refractivity contribution in [1.29, 1.82) is 0 Å². The molecule has 2 aromatic carbocycles. The van der Waals surface area contributed by atoms with E-state index in [-0.39, 0.29) is 5.91 Å². The number of para-hydroxylation sites is 3. The molecule has 25 heavy (non-hydrogen) atoms. The van der Waals surface area contributed by atoms with Gasteiger partial charge in [0.2, 0.25) is 5.91 Å². The molecule has 5 nitrogen and oxygen atoms in total. The van der Waals surface area contributed by atoms with E-state index in [1.807, 2.05) is 61.5 Å². The number of hydrogen-bond donors (Lipinski definition) is 1. The van der Waals surface area contributed by atoms with Crippen molar-refractivity contribution in [2.24, 2.45) is 0 Å². The molecule has 3 aromatic rings. The van der Waals surface area contributed by atoms with Crippen LogP contribution in [0.1, 0.15) is 5.69 Å². The number of rotatable bonds is 7. The van der Waals surface area contributed by atoms with Crippen LogP contribution in [0.25, 0.3) is 11.0 Å². The molecule has 0 atom stereocenters. The molecule has 0 unspecified atom stereocenters. The molecule has 0 spiro atoms. The number of thioether (sulfide) groups is 1. The first-order chi connectivity index (χ1) is 12.2. The van der Waals surface area contributed by atoms with Gasteiger partial charge in [-0.05, 0) is 31.2 Å². The van der Waals surface area contributed by atoms with Crippen LogP contribution in [-0.2, 0) is 4.79 Å². The Balaban J connectivity index is 1.45. The summed E-state index contributed by atoms with van der Waals surface area (Å²) in [6.45, 7) is 2.82. The van der Waals surface area contributed by atoms with Crippen LogP contribution in [0.5, 0.6) is 5.75 Å². The molecule has 1 amide bonds. The number of hydrogen-bond acceptors (Lipinski definition) is 5. The number of fused-ring (bicyclic) bond motifs is 1. The summed E-state index contributed by atoms with van der Waals surface area (Å²) >= 11 is 1.40. The smallest absolute Gasteiger partial charge is 0.230 e. The monoisotopic (exact) mass is 353 g/mol. The highest BCUT2D eigenvalue weighted by Gasteiger charge is 2.08. The Labute approximate surface area is 150 Å². The van der Waals surface area contributed by atoms with Crippen LogP contribution in [0.4, 0.5) is 0 Å². The molecule has 6 heteroatoms. The molecule has 0 aliphatic rings. The van der Waals surface area contributed by atoms with Crippen LogP contribution in [0.3, 0.4) is 0 Å². The van der Waals surface area contributed by atoms with Crippen LogP contribution in [-0.4, -0.2) is 34.8 Å². The maximum atomic E-state index is 12.0. The average Bonchev–Trinajstić information content (AvgIpc) is 2.64. The predicted octanol–water partition coefficient (Wildman–Crippen LogP) is 3.23. The lowest BCUT2D eigenvalue weighted by Gasteiger charge is -2.08. The highest BCUT2D eigenvalue weighted by atomic mass is 32.2. The number of nitrogens with zero attached hydrogens (tertiary/aromatic N) is 2. The van der Waals surface area contributed by atoms with E-state index in [0.717, 1.165) is 27.5 Å². The number of ether oxygens (including phenoxy) is 1. The Hall–Kier alpha value is -2.60. The molecular formula is C19H19N3O2S. The van der Waals surface area contributed by atoms with E-state index in [1.54, 1.807) is 0 Å². The number of amides is 1. The molecule has 128 valence electrons. The summed E-state index contributed by atoms with van der Waals surface area (Å²) in [5, 5.41) is 3.63. The van der Waals surface area contributed by atoms with Crippen LogP contribution >= 0.6 is 11.8 Å². The maximum absolute atomic E-state index is 12.0. The van der Waals surface area contributed by atoms with Crippen molar-refractivity contribution in [3.63, 3.8) is 0 Å². The van der Waals surface area contributed by atoms with Gasteiger partial charge in [0.15, 0.2) is 0 Å². The third-order valence-electron chi connectivity index (χ3n) is 3.48. The molecule has 3 rings (SSSR count). The molecule has 0 aliphatic heterocycles. The zero-order valence-electron chi connectivity index (χ0n) is 13.9. The zero-order chi connectivity index (χ0) is 17.5. The molecule has 1 heterocycles. The summed E-state index contributed by atoms with van der Waals surface area (Å²) in [4.78, 5) is 21.1. The SMILES string of the molecule is Cc1nc2ccccc2nc1SCC(=O)NCCOc1ccccc1. The number of carbonyl (C=O) groups excluding carboxylic acids is 1. The number of nitrogens with one attached hydrogen (secondary N) is 1. The topological polar surface area (TPSA) is 64.1 Å². The van der Waals surface area contributed by atoms with Gasteiger partial charge in [0.25, 0.3) is 0 Å². The summed E-state index contributed by atoms with van der Waals surface area (Å²) in [6, 6.07) is 17.3. The maximum Gasteiger partial charge on any atom is 0.230 e. The number of carbonyl (C=O) groups is 1. The number of aromatic nitrogens is 2. The van der Waals surface area contributed by atoms with Gasteiger partial charge < -0.3 is 10.1 Å². The van der Waals surface area contributed by atoms with Gasteiger partial charge in [-0.1, -0.05) is 42.1 Å². The minimum atomic E-state index is -0.0454. The first kappa shape index (κ1) is 17.2. The van der Waals surface area contributed by atoms with Crippen LogP contribution in [0.15, 0.2) is 59.6 Å². The first-order valence-electron chi connectivity index (χ1n) is 8.03. The zero-order valence-corrected chi connectivity index (χ0v) is 14.8. The van der Waals surface area contributed by atoms with Crippen molar-refractivity contribution < 1.29 is 9.53 Å². The van der Waals surface area contributed by atoms with E-state index >= 15 is 0 Å². The van der Waals surface area contributed by atoms with Crippen molar-refractivity contribution in [3.8, 4) is 5.75 Å². The Morgan fingerprint density at radius 2 is 1.72 bits per heavy atom. The normalized spacial score (nSPS) is 10.6. The Kier molecular flexibility index (Phi) is 5.85. The Bertz CT molecular complexity index is 856. The van der Waals surface area contributed by atoms with Crippen LogP contribution in [0, 0.1) is 6.92 Å². The highest BCUT2D eigenvalue weighted by Crippen LogP contribution is 2.21. The lowest BCUT2D eigenvalue weighted by molar-refractivity contribution is -0.118. The van der Waals surface area contributed by atoms with E-state index in [2.05, 4.69) is 15.3 Å². The van der Waals surface area contributed by atoms with Crippen LogP contribution in [0.2, 0.25) is 0 Å². The minimum Gasteiger partial charge on any atom is -0.492 e. The van der Waals surface area contributed by atoms with Crippen molar-refractivity contribution in [3.05, 3.63) is 60.3 Å². The fourth-order valence-electron chi connectivity index (χ4n) is 2.27. The quantitative estimate of drug-likeness (QED) is 0.522. The van der Waals surface area contributed by atoms with Gasteiger partial charge in [-0.15, -0.1) is 0 Å². The van der Waals surface area contributed by atoms with E-state index < -0.39 is 0 Å². The summed E-state index contributed by atoms with van der Waals surface area (Å²) in [5.41, 5.74) is 2.54. The largest absolute Gasteiger partial charge is 0.492 e. The molecule has 0 bridgehead atoms. The van der Waals surface area contributed by atoms with E-state index in [0.29, 0.717) is 18.9 Å². The Morgan fingerprint density at radius 3 is 2.48 bits per heavy atom. The third kappa shape index (κ3) is 4.93. The number of aryl methyl sites for hydroxylation is 1. The van der Waals surface area contributed by atoms with Gasteiger partial charge in [-0.25, -0.2) is 9.97 Å². The molecule has 0 aliphatic carbocycles. The predicted molar refractivity (Wildman–Crippen MR) is 99.9 cm³/mol. The summed E-state index contributed by atoms with van der Waals surface area (Å²) in [7, 11) is 0. The lowest BCUT2D eigenvalue weighted by Crippen LogP contribution is -2.29. The molecule has 1 aromatic heterocycles. The van der Waals surface area contributed by atoms with Crippen molar-refractivity contribution >= 4 is 28.7 Å². The van der Waals surface area contributed by atoms with Gasteiger partial charge >= 0.3 is 0 Å². The lowest BCUT2D eigenvalue weighted by atomic mass is 10.3. The highest BCUT2D eigenvalue weighted by molar-refractivity contribution is 7.99. The van der Waals surface area contributed by atoms with Gasteiger partial charge in [0.1, 0.15) is 17.4 Å². The molecule has 0 fully saturated rings. The fourth-order valence-corrected chi connectivity index (χ4v) is 3.06. The fraction of sp³-hybridized carbons (Fsp3) is 0.211. The third-order valence-corrected chi connectivity index (χ3v) is 4.54. The van der Waals surface area contributed by atoms with E-state index in [4.69, 9.17) is 4.74 Å². The van der Waals surface area contributed by atoms with Crippen LogP contribution < -0.4 is 10.1 Å². The van der Waals surface area contributed by atoms with E-state index in [9.17, 15) is 4.79 Å².